The van der Waals surface area contributed by atoms with Gasteiger partial charge in [0.25, 0.3) is 0 Å². The van der Waals surface area contributed by atoms with Crippen molar-refractivity contribution in [3.63, 3.8) is 0 Å². The van der Waals surface area contributed by atoms with Crippen LogP contribution in [0.1, 0.15) is 31.9 Å². The minimum atomic E-state index is -0.907. The van der Waals surface area contributed by atoms with Gasteiger partial charge < -0.3 is 5.32 Å². The van der Waals surface area contributed by atoms with Crippen LogP contribution in [0.15, 0.2) is 12.1 Å². The molecule has 0 heterocycles. The first kappa shape index (κ1) is 12.4. The molecular weight excluding hydrogens is 220 g/mol. The number of rotatable bonds is 4. The Hall–Kier alpha value is -0.670. The van der Waals surface area contributed by atoms with E-state index in [9.17, 15) is 8.78 Å². The van der Waals surface area contributed by atoms with Crippen molar-refractivity contribution in [3.05, 3.63) is 34.4 Å². The van der Waals surface area contributed by atoms with E-state index >= 15 is 0 Å². The first-order chi connectivity index (χ1) is 7.10. The molecule has 1 atom stereocenters. The van der Waals surface area contributed by atoms with Gasteiger partial charge in [-0.25, -0.2) is 8.78 Å². The van der Waals surface area contributed by atoms with Crippen LogP contribution in [0.2, 0.25) is 5.02 Å². The average molecular weight is 234 g/mol. The maximum absolute atomic E-state index is 13.0. The summed E-state index contributed by atoms with van der Waals surface area (Å²) < 4.78 is 25.9. The molecule has 1 aromatic rings. The molecule has 4 heteroatoms. The van der Waals surface area contributed by atoms with Crippen molar-refractivity contribution in [2.75, 3.05) is 6.54 Å². The molecule has 1 aromatic carbocycles. The largest absolute Gasteiger partial charge is 0.310 e. The van der Waals surface area contributed by atoms with Crippen molar-refractivity contribution in [1.82, 2.24) is 5.32 Å². The number of hydrogen-bond donors (Lipinski definition) is 1. The van der Waals surface area contributed by atoms with Crippen LogP contribution >= 0.6 is 11.6 Å². The molecule has 0 aliphatic carbocycles. The lowest BCUT2D eigenvalue weighted by atomic mass is 10.0. The van der Waals surface area contributed by atoms with Gasteiger partial charge in [0.15, 0.2) is 11.6 Å². The third kappa shape index (κ3) is 2.89. The van der Waals surface area contributed by atoms with Crippen LogP contribution in [-0.4, -0.2) is 6.54 Å². The van der Waals surface area contributed by atoms with Crippen LogP contribution in [-0.2, 0) is 0 Å². The van der Waals surface area contributed by atoms with Gasteiger partial charge in [-0.2, -0.15) is 0 Å². The minimum Gasteiger partial charge on any atom is -0.310 e. The van der Waals surface area contributed by atoms with Crippen LogP contribution < -0.4 is 5.32 Å². The molecule has 84 valence electrons. The van der Waals surface area contributed by atoms with Crippen LogP contribution in [0.5, 0.6) is 0 Å². The molecule has 1 nitrogen and oxygen atoms in total. The lowest BCUT2D eigenvalue weighted by Crippen LogP contribution is -2.20. The van der Waals surface area contributed by atoms with Crippen LogP contribution in [0.3, 0.4) is 0 Å². The van der Waals surface area contributed by atoms with E-state index in [2.05, 4.69) is 5.32 Å². The third-order valence-electron chi connectivity index (χ3n) is 2.27. The maximum Gasteiger partial charge on any atom is 0.160 e. The summed E-state index contributed by atoms with van der Waals surface area (Å²) in [5.74, 6) is -1.76. The molecule has 0 aliphatic rings. The number of hydrogen-bond acceptors (Lipinski definition) is 1. The maximum atomic E-state index is 13.0. The van der Waals surface area contributed by atoms with Gasteiger partial charge in [-0.3, -0.25) is 0 Å². The summed E-state index contributed by atoms with van der Waals surface area (Å²) in [7, 11) is 0. The number of nitrogens with one attached hydrogen (secondary N) is 1. The average Bonchev–Trinajstić information content (AvgIpc) is 2.20. The van der Waals surface area contributed by atoms with Crippen molar-refractivity contribution in [2.24, 2.45) is 0 Å². The molecule has 1 rings (SSSR count). The molecule has 0 saturated heterocycles. The Morgan fingerprint density at radius 1 is 1.27 bits per heavy atom. The van der Waals surface area contributed by atoms with E-state index in [4.69, 9.17) is 11.6 Å². The van der Waals surface area contributed by atoms with E-state index in [-0.39, 0.29) is 11.1 Å². The Kier molecular flexibility index (Phi) is 4.48. The monoisotopic (exact) mass is 233 g/mol. The van der Waals surface area contributed by atoms with E-state index in [1.54, 1.807) is 0 Å². The Balaban J connectivity index is 3.06. The summed E-state index contributed by atoms with van der Waals surface area (Å²) in [5.41, 5.74) is 0.611. The molecule has 0 amide bonds. The van der Waals surface area contributed by atoms with Gasteiger partial charge in [-0.05, 0) is 30.7 Å². The number of benzene rings is 1. The van der Waals surface area contributed by atoms with Crippen LogP contribution in [0.25, 0.3) is 0 Å². The Morgan fingerprint density at radius 3 is 2.40 bits per heavy atom. The number of halogens is 3. The topological polar surface area (TPSA) is 12.0 Å². The summed E-state index contributed by atoms with van der Waals surface area (Å²) in [4.78, 5) is 0. The highest BCUT2D eigenvalue weighted by molar-refractivity contribution is 6.31. The van der Waals surface area contributed by atoms with E-state index in [0.717, 1.165) is 25.1 Å². The molecule has 15 heavy (non-hydrogen) atoms. The van der Waals surface area contributed by atoms with Gasteiger partial charge in [-0.1, -0.05) is 25.4 Å². The Morgan fingerprint density at radius 2 is 1.87 bits per heavy atom. The summed E-state index contributed by atoms with van der Waals surface area (Å²) in [5, 5.41) is 3.43. The summed E-state index contributed by atoms with van der Waals surface area (Å²) >= 11 is 5.86. The molecule has 0 aromatic heterocycles. The van der Waals surface area contributed by atoms with E-state index in [1.165, 1.54) is 0 Å². The third-order valence-corrected chi connectivity index (χ3v) is 2.60. The molecule has 0 bridgehead atoms. The lowest BCUT2D eigenvalue weighted by molar-refractivity contribution is 0.494. The highest BCUT2D eigenvalue weighted by Crippen LogP contribution is 2.27. The summed E-state index contributed by atoms with van der Waals surface area (Å²) in [6.45, 7) is 4.68. The molecule has 0 radical (unpaired) electrons. The molecule has 0 saturated carbocycles. The Bertz CT molecular complexity index is 342. The predicted octanol–water partition coefficient (Wildman–Crippen LogP) is 3.68. The lowest BCUT2D eigenvalue weighted by Gasteiger charge is -2.17. The van der Waals surface area contributed by atoms with Gasteiger partial charge in [-0.15, -0.1) is 0 Å². The fourth-order valence-corrected chi connectivity index (χ4v) is 1.81. The smallest absolute Gasteiger partial charge is 0.160 e. The quantitative estimate of drug-likeness (QED) is 0.783. The van der Waals surface area contributed by atoms with Crippen molar-refractivity contribution in [3.8, 4) is 0 Å². The molecular formula is C11H14ClF2N. The van der Waals surface area contributed by atoms with Gasteiger partial charge in [0, 0.05) is 11.1 Å². The van der Waals surface area contributed by atoms with Gasteiger partial charge in [0.05, 0.1) is 0 Å². The first-order valence-corrected chi connectivity index (χ1v) is 5.35. The zero-order chi connectivity index (χ0) is 11.4. The van der Waals surface area contributed by atoms with E-state index < -0.39 is 11.6 Å². The molecule has 0 spiro atoms. The van der Waals surface area contributed by atoms with Crippen molar-refractivity contribution in [2.45, 2.75) is 26.3 Å². The first-order valence-electron chi connectivity index (χ1n) is 4.98. The second kappa shape index (κ2) is 5.42. The SMILES string of the molecule is CCNC(CC)c1cc(F)c(F)cc1Cl. The van der Waals surface area contributed by atoms with Crippen molar-refractivity contribution in [1.29, 1.82) is 0 Å². The van der Waals surface area contributed by atoms with Crippen molar-refractivity contribution >= 4 is 11.6 Å². The zero-order valence-corrected chi connectivity index (χ0v) is 9.54. The van der Waals surface area contributed by atoms with E-state index in [1.807, 2.05) is 13.8 Å². The highest BCUT2D eigenvalue weighted by Gasteiger charge is 2.15. The molecule has 1 N–H and O–H groups in total. The second-order valence-electron chi connectivity index (χ2n) is 3.31. The predicted molar refractivity (Wildman–Crippen MR) is 58.1 cm³/mol. The molecule has 1 unspecified atom stereocenters. The van der Waals surface area contributed by atoms with Crippen LogP contribution in [0.4, 0.5) is 8.78 Å². The molecule has 0 aliphatic heterocycles. The normalized spacial score (nSPS) is 12.9. The second-order valence-corrected chi connectivity index (χ2v) is 3.71. The van der Waals surface area contributed by atoms with Gasteiger partial charge >= 0.3 is 0 Å². The Labute approximate surface area is 93.4 Å². The standard InChI is InChI=1S/C11H14ClF2N/c1-3-11(15-4-2)7-5-9(13)10(14)6-8(7)12/h5-6,11,15H,3-4H2,1-2H3. The van der Waals surface area contributed by atoms with Crippen molar-refractivity contribution < 1.29 is 8.78 Å². The molecule has 0 fully saturated rings. The fourth-order valence-electron chi connectivity index (χ4n) is 1.53. The summed E-state index contributed by atoms with van der Waals surface area (Å²) in [6.07, 6.45) is 0.776. The van der Waals surface area contributed by atoms with E-state index in [0.29, 0.717) is 5.56 Å². The minimum absolute atomic E-state index is 0.0300. The zero-order valence-electron chi connectivity index (χ0n) is 8.78. The van der Waals surface area contributed by atoms with Gasteiger partial charge in [0.2, 0.25) is 0 Å². The van der Waals surface area contributed by atoms with Crippen LogP contribution in [0, 0.1) is 11.6 Å². The fraction of sp³-hybridized carbons (Fsp3) is 0.455. The van der Waals surface area contributed by atoms with Gasteiger partial charge in [0.1, 0.15) is 0 Å². The highest BCUT2D eigenvalue weighted by atomic mass is 35.5. The summed E-state index contributed by atoms with van der Waals surface area (Å²) in [6, 6.07) is 2.15.